The molecule has 12 heavy (non-hydrogen) atoms. The zero-order valence-corrected chi connectivity index (χ0v) is 7.76. The van der Waals surface area contributed by atoms with E-state index in [0.29, 0.717) is 5.89 Å². The fourth-order valence-electron chi connectivity index (χ4n) is 0.961. The Kier molecular flexibility index (Phi) is 1.68. The van der Waals surface area contributed by atoms with E-state index in [0.717, 1.165) is 10.8 Å². The Bertz CT molecular complexity index is 304. The highest BCUT2D eigenvalue weighted by Crippen LogP contribution is 2.29. The summed E-state index contributed by atoms with van der Waals surface area (Å²) in [5.74, 6) is 1.51. The maximum Gasteiger partial charge on any atom is 0.282 e. The second-order valence-corrected chi connectivity index (χ2v) is 4.23. The fraction of sp³-hybridized carbons (Fsp3) is 0.571. The van der Waals surface area contributed by atoms with Crippen LogP contribution in [0.4, 0.5) is 0 Å². The molecule has 0 unspecified atom stereocenters. The zero-order valence-electron chi connectivity index (χ0n) is 6.94. The zero-order chi connectivity index (χ0) is 8.60. The minimum atomic E-state index is 0.00840. The van der Waals surface area contributed by atoms with Crippen molar-refractivity contribution in [2.45, 2.75) is 19.4 Å². The highest BCUT2D eigenvalue weighted by Gasteiger charge is 2.28. The van der Waals surface area contributed by atoms with Crippen LogP contribution in [0.3, 0.4) is 0 Å². The first-order chi connectivity index (χ1) is 5.67. The minimum Gasteiger partial charge on any atom is -0.332 e. The second-order valence-electron chi connectivity index (χ2n) is 3.26. The monoisotopic (exact) mass is 183 g/mol. The molecule has 0 aromatic carbocycles. The molecule has 2 rings (SSSR count). The van der Waals surface area contributed by atoms with Crippen molar-refractivity contribution in [3.05, 3.63) is 12.2 Å². The summed E-state index contributed by atoms with van der Waals surface area (Å²) >= 11 is 1.66. The van der Waals surface area contributed by atoms with Crippen molar-refractivity contribution < 1.29 is 4.52 Å². The van der Waals surface area contributed by atoms with Gasteiger partial charge in [0, 0.05) is 5.75 Å². The molecule has 0 saturated carbocycles. The van der Waals surface area contributed by atoms with Gasteiger partial charge in [0.15, 0.2) is 11.4 Å². The van der Waals surface area contributed by atoms with Crippen molar-refractivity contribution in [1.82, 2.24) is 10.1 Å². The summed E-state index contributed by atoms with van der Waals surface area (Å²) in [5, 5.41) is 4.39. The Hall–Kier alpha value is -0.840. The topological polar surface area (TPSA) is 51.3 Å². The first-order valence-electron chi connectivity index (χ1n) is 3.67. The van der Waals surface area contributed by atoms with E-state index in [1.165, 1.54) is 6.33 Å². The fourth-order valence-corrected chi connectivity index (χ4v) is 2.04. The quantitative estimate of drug-likeness (QED) is 0.659. The van der Waals surface area contributed by atoms with E-state index >= 15 is 0 Å². The van der Waals surface area contributed by atoms with Gasteiger partial charge in [-0.25, -0.2) is 0 Å². The molecule has 0 N–H and O–H groups in total. The lowest BCUT2D eigenvalue weighted by Crippen LogP contribution is -2.15. The SMILES string of the molecule is CC1(C)CSC(c2ncno2)=N1. The van der Waals surface area contributed by atoms with Crippen LogP contribution in [0.25, 0.3) is 0 Å². The Morgan fingerprint density at radius 1 is 1.58 bits per heavy atom. The third-order valence-electron chi connectivity index (χ3n) is 1.51. The molecule has 0 aliphatic carbocycles. The van der Waals surface area contributed by atoms with Gasteiger partial charge in [-0.15, -0.1) is 0 Å². The van der Waals surface area contributed by atoms with Gasteiger partial charge in [0.25, 0.3) is 5.89 Å². The smallest absolute Gasteiger partial charge is 0.282 e. The minimum absolute atomic E-state index is 0.00840. The number of nitrogens with zero attached hydrogens (tertiary/aromatic N) is 3. The molecule has 0 bridgehead atoms. The van der Waals surface area contributed by atoms with E-state index in [2.05, 4.69) is 29.0 Å². The maximum absolute atomic E-state index is 4.90. The lowest BCUT2D eigenvalue weighted by Gasteiger charge is -2.09. The van der Waals surface area contributed by atoms with Gasteiger partial charge in [0.1, 0.15) is 0 Å². The van der Waals surface area contributed by atoms with Crippen LogP contribution in [-0.4, -0.2) is 26.5 Å². The number of aliphatic imine (C=N–C) groups is 1. The Balaban J connectivity index is 2.28. The van der Waals surface area contributed by atoms with E-state index in [1.54, 1.807) is 11.8 Å². The molecular formula is C7H9N3OS. The van der Waals surface area contributed by atoms with Gasteiger partial charge in [-0.2, -0.15) is 4.98 Å². The first-order valence-corrected chi connectivity index (χ1v) is 4.66. The molecular weight excluding hydrogens is 174 g/mol. The van der Waals surface area contributed by atoms with Crippen molar-refractivity contribution in [1.29, 1.82) is 0 Å². The predicted octanol–water partition coefficient (Wildman–Crippen LogP) is 1.34. The summed E-state index contributed by atoms with van der Waals surface area (Å²) in [4.78, 5) is 8.38. The van der Waals surface area contributed by atoms with Crippen LogP contribution in [0.5, 0.6) is 0 Å². The van der Waals surface area contributed by atoms with Crippen LogP contribution >= 0.6 is 11.8 Å². The maximum atomic E-state index is 4.90. The van der Waals surface area contributed by atoms with E-state index in [-0.39, 0.29) is 5.54 Å². The van der Waals surface area contributed by atoms with Crippen LogP contribution in [0.15, 0.2) is 15.8 Å². The van der Waals surface area contributed by atoms with Gasteiger partial charge >= 0.3 is 0 Å². The molecule has 1 aromatic rings. The lowest BCUT2D eigenvalue weighted by atomic mass is 10.1. The molecule has 1 aliphatic rings. The Labute approximate surface area is 74.5 Å². The molecule has 0 radical (unpaired) electrons. The summed E-state index contributed by atoms with van der Waals surface area (Å²) in [6.07, 6.45) is 1.39. The molecule has 0 atom stereocenters. The van der Waals surface area contributed by atoms with Crippen molar-refractivity contribution in [2.24, 2.45) is 4.99 Å². The molecule has 0 spiro atoms. The van der Waals surface area contributed by atoms with Crippen molar-refractivity contribution in [3.63, 3.8) is 0 Å². The van der Waals surface area contributed by atoms with E-state index in [1.807, 2.05) is 0 Å². The van der Waals surface area contributed by atoms with Crippen molar-refractivity contribution >= 4 is 16.8 Å². The standard InChI is InChI=1S/C7H9N3OS/c1-7(2)3-12-6(10-7)5-8-4-9-11-5/h4H,3H2,1-2H3. The van der Waals surface area contributed by atoms with Crippen LogP contribution in [0.1, 0.15) is 19.7 Å². The lowest BCUT2D eigenvalue weighted by molar-refractivity contribution is 0.410. The van der Waals surface area contributed by atoms with Gasteiger partial charge in [0.2, 0.25) is 0 Å². The third kappa shape index (κ3) is 1.36. The average molecular weight is 183 g/mol. The molecule has 1 aliphatic heterocycles. The highest BCUT2D eigenvalue weighted by molar-refractivity contribution is 8.14. The van der Waals surface area contributed by atoms with Crippen LogP contribution in [0, 0.1) is 0 Å². The van der Waals surface area contributed by atoms with Crippen molar-refractivity contribution in [3.8, 4) is 0 Å². The predicted molar refractivity (Wildman–Crippen MR) is 47.4 cm³/mol. The molecule has 1 aromatic heterocycles. The third-order valence-corrected chi connectivity index (χ3v) is 2.90. The van der Waals surface area contributed by atoms with Gasteiger partial charge in [-0.3, -0.25) is 4.99 Å². The summed E-state index contributed by atoms with van der Waals surface area (Å²) < 4.78 is 4.90. The van der Waals surface area contributed by atoms with E-state index in [4.69, 9.17) is 4.52 Å². The molecule has 0 amide bonds. The van der Waals surface area contributed by atoms with E-state index < -0.39 is 0 Å². The largest absolute Gasteiger partial charge is 0.332 e. The molecule has 5 heteroatoms. The van der Waals surface area contributed by atoms with Crippen LogP contribution in [-0.2, 0) is 0 Å². The number of hydrogen-bond acceptors (Lipinski definition) is 5. The Morgan fingerprint density at radius 2 is 2.42 bits per heavy atom. The summed E-state index contributed by atoms with van der Waals surface area (Å²) in [6, 6.07) is 0. The molecule has 0 saturated heterocycles. The number of hydrogen-bond donors (Lipinski definition) is 0. The summed E-state index contributed by atoms with van der Waals surface area (Å²) in [5.41, 5.74) is 0.00840. The molecule has 2 heterocycles. The number of thioether (sulfide) groups is 1. The normalized spacial score (nSPS) is 21.0. The van der Waals surface area contributed by atoms with Gasteiger partial charge in [0.05, 0.1) is 5.54 Å². The Morgan fingerprint density at radius 3 is 2.92 bits per heavy atom. The van der Waals surface area contributed by atoms with Gasteiger partial charge in [-0.1, -0.05) is 16.9 Å². The van der Waals surface area contributed by atoms with Crippen molar-refractivity contribution in [2.75, 3.05) is 5.75 Å². The first kappa shape index (κ1) is 7.79. The summed E-state index contributed by atoms with van der Waals surface area (Å²) in [7, 11) is 0. The summed E-state index contributed by atoms with van der Waals surface area (Å²) in [6.45, 7) is 4.17. The highest BCUT2D eigenvalue weighted by atomic mass is 32.2. The molecule has 4 nitrogen and oxygen atoms in total. The molecule has 0 fully saturated rings. The number of rotatable bonds is 1. The number of aromatic nitrogens is 2. The van der Waals surface area contributed by atoms with Gasteiger partial charge in [-0.05, 0) is 13.8 Å². The average Bonchev–Trinajstić information content (AvgIpc) is 2.55. The second kappa shape index (κ2) is 2.58. The van der Waals surface area contributed by atoms with E-state index in [9.17, 15) is 0 Å². The molecule has 64 valence electrons. The van der Waals surface area contributed by atoms with Gasteiger partial charge < -0.3 is 4.52 Å². The van der Waals surface area contributed by atoms with Crippen LogP contribution in [0.2, 0.25) is 0 Å². The van der Waals surface area contributed by atoms with Crippen LogP contribution < -0.4 is 0 Å².